The number of hydrogen-bond acceptors (Lipinski definition) is 0. The van der Waals surface area contributed by atoms with Gasteiger partial charge in [-0.1, -0.05) is 74.7 Å². The molecule has 0 nitrogen and oxygen atoms in total. The van der Waals surface area contributed by atoms with Crippen molar-refractivity contribution in [2.24, 2.45) is 0 Å². The van der Waals surface area contributed by atoms with E-state index in [1.165, 1.54) is 32.7 Å². The van der Waals surface area contributed by atoms with Gasteiger partial charge >= 0.3 is 26.2 Å². The number of hydrogen-bond donors (Lipinski definition) is 0. The van der Waals surface area contributed by atoms with Crippen LogP contribution in [0, 0.1) is 19.9 Å². The van der Waals surface area contributed by atoms with Crippen LogP contribution in [0.1, 0.15) is 17.5 Å². The molecule has 0 heterocycles. The first-order chi connectivity index (χ1) is 12.9. The minimum Gasteiger partial charge on any atom is -1.00 e. The van der Waals surface area contributed by atoms with Gasteiger partial charge in [-0.15, -0.1) is 46.2 Å². The molecule has 0 unspecified atom stereocenters. The minimum atomic E-state index is -1.09. The Kier molecular flexibility index (Phi) is 11.6. The maximum absolute atomic E-state index is 3.57. The fraction of sp³-hybridized carbons (Fsp3) is 0.346. The molecule has 0 amide bonds. The molecule has 0 spiro atoms. The summed E-state index contributed by atoms with van der Waals surface area (Å²) in [6.07, 6.45) is 7.15. The standard InChI is InChI=1S/C15H13.C11H21Si2.2ClH.Zr/c1-10-3-5-14-12(7-10)9-13-8-11(2)4-6-15(13)14;1-12(2,3)10-7-8-11(9-10)13(4,5)6;;;/h3-9H,1-2H3;9H,7H2,1-6H3;2*1H;/q2*-1;;;+4/p-2. The molecule has 0 saturated carbocycles. The summed E-state index contributed by atoms with van der Waals surface area (Å²) in [5.74, 6) is 0. The Morgan fingerprint density at radius 2 is 1.19 bits per heavy atom. The molecular weight excluding hydrogens is 531 g/mol. The maximum Gasteiger partial charge on any atom is 4.00 e. The van der Waals surface area contributed by atoms with Crippen molar-refractivity contribution in [2.75, 3.05) is 0 Å². The van der Waals surface area contributed by atoms with Gasteiger partial charge in [0.25, 0.3) is 0 Å². The molecule has 5 heteroatoms. The molecule has 3 aromatic carbocycles. The summed E-state index contributed by atoms with van der Waals surface area (Å²) in [5, 5.41) is 8.69. The van der Waals surface area contributed by atoms with Crippen LogP contribution in [0.3, 0.4) is 0 Å². The smallest absolute Gasteiger partial charge is 1.00 e. The van der Waals surface area contributed by atoms with Crippen molar-refractivity contribution in [1.82, 2.24) is 0 Å². The number of aryl methyl sites for hydroxylation is 2. The van der Waals surface area contributed by atoms with E-state index in [4.69, 9.17) is 0 Å². The monoisotopic (exact) mass is 562 g/mol. The van der Waals surface area contributed by atoms with Gasteiger partial charge in [-0.05, 0) is 13.8 Å². The Bertz CT molecular complexity index is 1020. The summed E-state index contributed by atoms with van der Waals surface area (Å²) in [4.78, 5) is 0. The van der Waals surface area contributed by atoms with Gasteiger partial charge in [0.1, 0.15) is 0 Å². The van der Waals surface area contributed by atoms with Crippen LogP contribution in [-0.4, -0.2) is 16.1 Å². The van der Waals surface area contributed by atoms with Gasteiger partial charge in [-0.3, -0.25) is 6.08 Å². The zero-order valence-electron chi connectivity index (χ0n) is 20.1. The van der Waals surface area contributed by atoms with Gasteiger partial charge in [0.15, 0.2) is 0 Å². The van der Waals surface area contributed by atoms with E-state index in [-0.39, 0.29) is 51.0 Å². The van der Waals surface area contributed by atoms with E-state index in [2.05, 4.69) is 108 Å². The van der Waals surface area contributed by atoms with Crippen LogP contribution in [0.25, 0.3) is 21.5 Å². The first kappa shape index (κ1) is 30.7. The molecule has 1 aliphatic carbocycles. The maximum atomic E-state index is 3.57. The average Bonchev–Trinajstić information content (AvgIpc) is 3.18. The largest absolute Gasteiger partial charge is 4.00 e. The first-order valence-electron chi connectivity index (χ1n) is 10.3. The van der Waals surface area contributed by atoms with Crippen molar-refractivity contribution in [3.05, 3.63) is 76.1 Å². The van der Waals surface area contributed by atoms with Gasteiger partial charge in [-0.25, -0.2) is 11.3 Å². The Morgan fingerprint density at radius 3 is 1.52 bits per heavy atom. The van der Waals surface area contributed by atoms with Gasteiger partial charge < -0.3 is 24.8 Å². The van der Waals surface area contributed by atoms with Crippen LogP contribution in [0.4, 0.5) is 0 Å². The van der Waals surface area contributed by atoms with Gasteiger partial charge in [0, 0.05) is 8.07 Å². The van der Waals surface area contributed by atoms with E-state index in [1.54, 1.807) is 10.4 Å². The van der Waals surface area contributed by atoms with Gasteiger partial charge in [-0.2, -0.15) is 5.20 Å². The summed E-state index contributed by atoms with van der Waals surface area (Å²) < 4.78 is 0. The summed E-state index contributed by atoms with van der Waals surface area (Å²) in [6, 6.07) is 15.6. The number of benzene rings is 2. The molecule has 0 aromatic heterocycles. The van der Waals surface area contributed by atoms with Crippen molar-refractivity contribution in [2.45, 2.75) is 59.6 Å². The zero-order chi connectivity index (χ0) is 20.7. The minimum absolute atomic E-state index is 0. The van der Waals surface area contributed by atoms with Gasteiger partial charge in [0.05, 0.1) is 8.07 Å². The number of allylic oxidation sites excluding steroid dienone is 4. The van der Waals surface area contributed by atoms with Crippen molar-refractivity contribution < 1.29 is 51.0 Å². The molecule has 1 aliphatic rings. The third-order valence-corrected chi connectivity index (χ3v) is 9.76. The van der Waals surface area contributed by atoms with E-state index in [9.17, 15) is 0 Å². The van der Waals surface area contributed by atoms with Crippen LogP contribution in [0.15, 0.2) is 58.9 Å². The number of fused-ring (bicyclic) bond motifs is 3. The molecule has 4 rings (SSSR count). The topological polar surface area (TPSA) is 0 Å². The Labute approximate surface area is 222 Å². The average molecular weight is 565 g/mol. The molecule has 0 aliphatic heterocycles. The van der Waals surface area contributed by atoms with Crippen molar-refractivity contribution >= 4 is 37.7 Å². The predicted molar refractivity (Wildman–Crippen MR) is 133 cm³/mol. The second-order valence-electron chi connectivity index (χ2n) is 10.3. The second kappa shape index (κ2) is 11.7. The fourth-order valence-electron chi connectivity index (χ4n) is 3.69. The molecule has 0 atom stereocenters. The fourth-order valence-corrected chi connectivity index (χ4v) is 6.26. The summed E-state index contributed by atoms with van der Waals surface area (Å²) in [7, 11) is -2.14. The molecule has 164 valence electrons. The summed E-state index contributed by atoms with van der Waals surface area (Å²) >= 11 is 0. The van der Waals surface area contributed by atoms with Crippen LogP contribution < -0.4 is 24.8 Å². The second-order valence-corrected chi connectivity index (χ2v) is 20.4. The van der Waals surface area contributed by atoms with E-state index in [0.29, 0.717) is 0 Å². The zero-order valence-corrected chi connectivity index (χ0v) is 26.1. The van der Waals surface area contributed by atoms with E-state index in [0.717, 1.165) is 6.42 Å². The molecule has 0 fully saturated rings. The summed E-state index contributed by atoms with van der Waals surface area (Å²) in [5.41, 5.74) is 2.66. The van der Waals surface area contributed by atoms with Gasteiger partial charge in [0.2, 0.25) is 0 Å². The molecule has 0 saturated heterocycles. The normalized spacial score (nSPS) is 13.3. The number of rotatable bonds is 2. The third kappa shape index (κ3) is 7.61. The van der Waals surface area contributed by atoms with E-state index < -0.39 is 16.1 Å². The van der Waals surface area contributed by atoms with Crippen LogP contribution in [-0.2, 0) is 26.2 Å². The Morgan fingerprint density at radius 1 is 0.742 bits per heavy atom. The molecule has 0 N–H and O–H groups in total. The third-order valence-electron chi connectivity index (χ3n) is 5.57. The predicted octanol–water partition coefficient (Wildman–Crippen LogP) is 2.14. The van der Waals surface area contributed by atoms with Crippen molar-refractivity contribution in [3.8, 4) is 0 Å². The molecule has 31 heavy (non-hydrogen) atoms. The molecule has 0 radical (unpaired) electrons. The van der Waals surface area contributed by atoms with E-state index >= 15 is 0 Å². The molecular formula is C26H34Cl2Si2Zr. The Balaban J connectivity index is 0.000000535. The number of halogens is 2. The van der Waals surface area contributed by atoms with Crippen LogP contribution >= 0.6 is 0 Å². The summed E-state index contributed by atoms with van der Waals surface area (Å²) in [6.45, 7) is 18.8. The molecule has 3 aromatic rings. The first-order valence-corrected chi connectivity index (χ1v) is 17.3. The Hall–Kier alpha value is -0.313. The SMILES string of the molecule is C[Si](C)(C)C1=[C-]CC([Si](C)(C)C)=C1.Cc1ccc2c(c1)[cH-]c1cc(C)ccc12.[Cl-].[Cl-].[Zr+4]. The van der Waals surface area contributed by atoms with Crippen molar-refractivity contribution in [3.63, 3.8) is 0 Å². The molecule has 0 bridgehead atoms. The van der Waals surface area contributed by atoms with Crippen LogP contribution in [0.2, 0.25) is 39.3 Å². The van der Waals surface area contributed by atoms with E-state index in [1.807, 2.05) is 0 Å². The van der Waals surface area contributed by atoms with Crippen molar-refractivity contribution in [1.29, 1.82) is 0 Å². The quantitative estimate of drug-likeness (QED) is 0.331. The van der Waals surface area contributed by atoms with Crippen LogP contribution in [0.5, 0.6) is 0 Å².